The first-order valence-electron chi connectivity index (χ1n) is 6.23. The van der Waals surface area contributed by atoms with Crippen molar-refractivity contribution in [2.45, 2.75) is 24.9 Å². The minimum absolute atomic E-state index is 0.369. The van der Waals surface area contributed by atoms with Gasteiger partial charge in [-0.05, 0) is 37.6 Å². The molecule has 0 atom stereocenters. The van der Waals surface area contributed by atoms with Gasteiger partial charge in [-0.15, -0.1) is 0 Å². The van der Waals surface area contributed by atoms with Gasteiger partial charge in [-0.1, -0.05) is 23.7 Å². The zero-order chi connectivity index (χ0) is 13.0. The first-order chi connectivity index (χ1) is 8.63. The number of likely N-dealkylation sites (tertiary alicyclic amines) is 1. The largest absolute Gasteiger partial charge is 0.306 e. The Morgan fingerprint density at radius 3 is 2.50 bits per heavy atom. The molecule has 0 unspecified atom stereocenters. The van der Waals surface area contributed by atoms with Crippen molar-refractivity contribution in [3.63, 3.8) is 0 Å². The van der Waals surface area contributed by atoms with Gasteiger partial charge < -0.3 is 4.90 Å². The van der Waals surface area contributed by atoms with E-state index in [9.17, 15) is 5.26 Å². The minimum Gasteiger partial charge on any atom is -0.306 e. The second-order valence-corrected chi connectivity index (χ2v) is 5.41. The molecule has 96 valence electrons. The highest BCUT2D eigenvalue weighted by Gasteiger charge is 2.32. The van der Waals surface area contributed by atoms with Crippen molar-refractivity contribution >= 4 is 11.6 Å². The molecule has 0 amide bonds. The number of nitrogens with zero attached hydrogens (tertiary/aromatic N) is 2. The Balaban J connectivity index is 1.95. The van der Waals surface area contributed by atoms with E-state index in [-0.39, 0.29) is 5.54 Å². The van der Waals surface area contributed by atoms with E-state index in [0.29, 0.717) is 6.54 Å². The van der Waals surface area contributed by atoms with Crippen LogP contribution in [0.25, 0.3) is 0 Å². The van der Waals surface area contributed by atoms with Crippen molar-refractivity contribution in [1.29, 1.82) is 5.26 Å². The maximum Gasteiger partial charge on any atom is 0.109 e. The fourth-order valence-corrected chi connectivity index (χ4v) is 2.33. The van der Waals surface area contributed by atoms with Crippen LogP contribution in [0.2, 0.25) is 5.02 Å². The van der Waals surface area contributed by atoms with Crippen molar-refractivity contribution in [3.8, 4) is 6.07 Å². The Morgan fingerprint density at radius 2 is 1.94 bits per heavy atom. The molecule has 0 radical (unpaired) electrons. The number of hydrogen-bond donors (Lipinski definition) is 1. The molecule has 3 nitrogen and oxygen atoms in total. The molecule has 1 aromatic carbocycles. The highest BCUT2D eigenvalue weighted by Crippen LogP contribution is 2.21. The number of piperidine rings is 1. The van der Waals surface area contributed by atoms with Crippen LogP contribution in [0.4, 0.5) is 0 Å². The molecular weight excluding hydrogens is 246 g/mol. The third-order valence-corrected chi connectivity index (χ3v) is 3.85. The summed E-state index contributed by atoms with van der Waals surface area (Å²) in [6.45, 7) is 2.66. The van der Waals surface area contributed by atoms with Gasteiger partial charge in [0.15, 0.2) is 0 Å². The van der Waals surface area contributed by atoms with Gasteiger partial charge >= 0.3 is 0 Å². The zero-order valence-corrected chi connectivity index (χ0v) is 11.4. The van der Waals surface area contributed by atoms with Gasteiger partial charge in [0.1, 0.15) is 5.54 Å². The summed E-state index contributed by atoms with van der Waals surface area (Å²) in [5.74, 6) is 0. The van der Waals surface area contributed by atoms with Gasteiger partial charge in [-0.25, -0.2) is 0 Å². The average molecular weight is 264 g/mol. The van der Waals surface area contributed by atoms with E-state index in [1.54, 1.807) is 0 Å². The predicted octanol–water partition coefficient (Wildman–Crippen LogP) is 2.42. The van der Waals surface area contributed by atoms with Crippen LogP contribution in [0.3, 0.4) is 0 Å². The molecule has 1 aliphatic rings. The fourth-order valence-electron chi connectivity index (χ4n) is 2.20. The molecular formula is C14H18ClN3. The summed E-state index contributed by atoms with van der Waals surface area (Å²) in [5.41, 5.74) is 0.791. The smallest absolute Gasteiger partial charge is 0.109 e. The molecule has 1 saturated heterocycles. The first kappa shape index (κ1) is 13.4. The minimum atomic E-state index is -0.369. The van der Waals surface area contributed by atoms with E-state index in [1.165, 1.54) is 0 Å². The van der Waals surface area contributed by atoms with Crippen molar-refractivity contribution in [3.05, 3.63) is 34.9 Å². The second-order valence-electron chi connectivity index (χ2n) is 4.98. The lowest BCUT2D eigenvalue weighted by Crippen LogP contribution is -2.51. The first-order valence-corrected chi connectivity index (χ1v) is 6.61. The van der Waals surface area contributed by atoms with Gasteiger partial charge in [0.2, 0.25) is 0 Å². The van der Waals surface area contributed by atoms with Gasteiger partial charge in [0, 0.05) is 24.7 Å². The summed E-state index contributed by atoms with van der Waals surface area (Å²) in [6.07, 6.45) is 1.77. The Kier molecular flexibility index (Phi) is 4.23. The Hall–Kier alpha value is -1.08. The summed E-state index contributed by atoms with van der Waals surface area (Å²) >= 11 is 5.85. The Morgan fingerprint density at radius 1 is 1.33 bits per heavy atom. The molecule has 0 aromatic heterocycles. The van der Waals surface area contributed by atoms with E-state index in [4.69, 9.17) is 11.6 Å². The molecule has 1 aromatic rings. The van der Waals surface area contributed by atoms with Crippen LogP contribution in [0.5, 0.6) is 0 Å². The van der Waals surface area contributed by atoms with E-state index in [0.717, 1.165) is 36.5 Å². The zero-order valence-electron chi connectivity index (χ0n) is 10.6. The van der Waals surface area contributed by atoms with Gasteiger partial charge in [0.05, 0.1) is 6.07 Å². The lowest BCUT2D eigenvalue weighted by molar-refractivity contribution is 0.194. The van der Waals surface area contributed by atoms with Crippen LogP contribution < -0.4 is 5.32 Å². The molecule has 1 aliphatic heterocycles. The van der Waals surface area contributed by atoms with Crippen molar-refractivity contribution < 1.29 is 0 Å². The second kappa shape index (κ2) is 5.71. The predicted molar refractivity (Wildman–Crippen MR) is 73.4 cm³/mol. The Labute approximate surface area is 113 Å². The summed E-state index contributed by atoms with van der Waals surface area (Å²) in [7, 11) is 2.10. The van der Waals surface area contributed by atoms with E-state index < -0.39 is 0 Å². The van der Waals surface area contributed by atoms with Gasteiger partial charge in [-0.2, -0.15) is 5.26 Å². The van der Waals surface area contributed by atoms with Gasteiger partial charge in [-0.3, -0.25) is 5.32 Å². The standard InChI is InChI=1S/C14H18ClN3/c1-18-8-6-14(11-16,7-9-18)17-10-12-2-4-13(15)5-3-12/h2-5,17H,6-10H2,1H3. The number of nitrogens with one attached hydrogen (secondary N) is 1. The molecule has 0 saturated carbocycles. The molecule has 1 heterocycles. The van der Waals surface area contributed by atoms with Crippen LogP contribution in [0.15, 0.2) is 24.3 Å². The fraction of sp³-hybridized carbons (Fsp3) is 0.500. The summed E-state index contributed by atoms with van der Waals surface area (Å²) < 4.78 is 0. The molecule has 2 rings (SSSR count). The molecule has 0 bridgehead atoms. The lowest BCUT2D eigenvalue weighted by atomic mass is 9.89. The highest BCUT2D eigenvalue weighted by atomic mass is 35.5. The molecule has 1 fully saturated rings. The molecule has 0 spiro atoms. The summed E-state index contributed by atoms with van der Waals surface area (Å²) in [5, 5.41) is 13.6. The molecule has 18 heavy (non-hydrogen) atoms. The number of hydrogen-bond acceptors (Lipinski definition) is 3. The number of benzene rings is 1. The Bertz CT molecular complexity index is 427. The maximum atomic E-state index is 9.40. The number of nitriles is 1. The van der Waals surface area contributed by atoms with Crippen molar-refractivity contribution in [2.24, 2.45) is 0 Å². The van der Waals surface area contributed by atoms with Crippen LogP contribution in [0.1, 0.15) is 18.4 Å². The van der Waals surface area contributed by atoms with Crippen LogP contribution in [0, 0.1) is 11.3 Å². The highest BCUT2D eigenvalue weighted by molar-refractivity contribution is 6.30. The lowest BCUT2D eigenvalue weighted by Gasteiger charge is -2.36. The van der Waals surface area contributed by atoms with Crippen LogP contribution >= 0.6 is 11.6 Å². The quantitative estimate of drug-likeness (QED) is 0.910. The monoisotopic (exact) mass is 263 g/mol. The average Bonchev–Trinajstić information content (AvgIpc) is 2.41. The van der Waals surface area contributed by atoms with E-state index in [2.05, 4.69) is 23.3 Å². The topological polar surface area (TPSA) is 39.1 Å². The molecule has 1 N–H and O–H groups in total. The maximum absolute atomic E-state index is 9.40. The SMILES string of the molecule is CN1CCC(C#N)(NCc2ccc(Cl)cc2)CC1. The molecule has 4 heteroatoms. The van der Waals surface area contributed by atoms with Crippen LogP contribution in [-0.2, 0) is 6.54 Å². The van der Waals surface area contributed by atoms with Crippen LogP contribution in [-0.4, -0.2) is 30.6 Å². The van der Waals surface area contributed by atoms with Crippen molar-refractivity contribution in [1.82, 2.24) is 10.2 Å². The van der Waals surface area contributed by atoms with E-state index in [1.807, 2.05) is 24.3 Å². The normalized spacial score (nSPS) is 19.4. The van der Waals surface area contributed by atoms with Gasteiger partial charge in [0.25, 0.3) is 0 Å². The number of rotatable bonds is 3. The van der Waals surface area contributed by atoms with E-state index >= 15 is 0 Å². The summed E-state index contributed by atoms with van der Waals surface area (Å²) in [4.78, 5) is 2.26. The summed E-state index contributed by atoms with van der Waals surface area (Å²) in [6, 6.07) is 10.2. The molecule has 0 aliphatic carbocycles. The van der Waals surface area contributed by atoms with Crippen molar-refractivity contribution in [2.75, 3.05) is 20.1 Å². The third kappa shape index (κ3) is 3.23. The third-order valence-electron chi connectivity index (χ3n) is 3.60. The number of halogens is 1.